The summed E-state index contributed by atoms with van der Waals surface area (Å²) in [4.78, 5) is 10.7. The number of carbonyl (C=O) groups excluding carboxylic acids is 1. The lowest BCUT2D eigenvalue weighted by atomic mass is 9.75. The van der Waals surface area contributed by atoms with Crippen molar-refractivity contribution >= 4 is 18.6 Å². The number of carboxylic acid groups (broad SMARTS) is 1. The summed E-state index contributed by atoms with van der Waals surface area (Å²) < 4.78 is 12.2. The van der Waals surface area contributed by atoms with E-state index in [0.29, 0.717) is 5.92 Å². The second-order valence-corrected chi connectivity index (χ2v) is 8.55. The van der Waals surface area contributed by atoms with Gasteiger partial charge in [-0.15, -0.1) is 0 Å². The van der Waals surface area contributed by atoms with Crippen molar-refractivity contribution in [1.82, 2.24) is 0 Å². The zero-order valence-corrected chi connectivity index (χ0v) is 15.7. The maximum absolute atomic E-state index is 10.7. The van der Waals surface area contributed by atoms with E-state index in [1.807, 2.05) is 0 Å². The molecule has 0 bridgehead atoms. The minimum atomic E-state index is -0.921. The predicted octanol–water partition coefficient (Wildman–Crippen LogP) is 2.40. The normalized spacial score (nSPS) is 28.1. The van der Waals surface area contributed by atoms with Crippen molar-refractivity contribution in [2.45, 2.75) is 76.9 Å². The fourth-order valence-corrected chi connectivity index (χ4v) is 3.84. The lowest BCUT2D eigenvalue weighted by Gasteiger charge is -2.32. The van der Waals surface area contributed by atoms with Crippen LogP contribution >= 0.6 is 0 Å². The quantitative estimate of drug-likeness (QED) is 0.788. The molecule has 136 valence electrons. The lowest BCUT2D eigenvalue weighted by molar-refractivity contribution is -0.307. The number of rotatable bonds is 4. The van der Waals surface area contributed by atoms with Gasteiger partial charge in [-0.05, 0) is 82.7 Å². The lowest BCUT2D eigenvalue weighted by Crippen LogP contribution is -2.41. The molecule has 0 spiro atoms. The highest BCUT2D eigenvalue weighted by molar-refractivity contribution is 6.62. The van der Waals surface area contributed by atoms with Gasteiger partial charge in [0.1, 0.15) is 0 Å². The zero-order valence-electron chi connectivity index (χ0n) is 15.7. The monoisotopic (exact) mass is 343 g/mol. The summed E-state index contributed by atoms with van der Waals surface area (Å²) >= 11 is 0. The van der Waals surface area contributed by atoms with E-state index in [-0.39, 0.29) is 30.7 Å². The molecule has 4 nitrogen and oxygen atoms in total. The standard InChI is InChI=1S/C20H29BO4/c1-19(2)20(3,4)25-21(24-19)17-11-9-16(10-12-17)15-7-5-14(6-8-15)13-18(22)23/h9-12,14-15H,5-8,13H2,1-4H3,(H,22,23)/p-1. The van der Waals surface area contributed by atoms with E-state index >= 15 is 0 Å². The van der Waals surface area contributed by atoms with Gasteiger partial charge >= 0.3 is 7.12 Å². The molecule has 25 heavy (non-hydrogen) atoms. The van der Waals surface area contributed by atoms with Gasteiger partial charge in [-0.3, -0.25) is 0 Å². The van der Waals surface area contributed by atoms with Gasteiger partial charge in [-0.1, -0.05) is 24.3 Å². The van der Waals surface area contributed by atoms with Crippen LogP contribution in [0.4, 0.5) is 0 Å². The molecule has 1 aliphatic carbocycles. The van der Waals surface area contributed by atoms with Crippen molar-refractivity contribution in [3.05, 3.63) is 29.8 Å². The minimum Gasteiger partial charge on any atom is -0.550 e. The Balaban J connectivity index is 1.61. The molecule has 1 saturated heterocycles. The molecule has 1 aromatic carbocycles. The Labute approximate surface area is 151 Å². The van der Waals surface area contributed by atoms with E-state index < -0.39 is 5.97 Å². The number of benzene rings is 1. The highest BCUT2D eigenvalue weighted by Gasteiger charge is 2.51. The number of carbonyl (C=O) groups is 1. The molecular weight excluding hydrogens is 315 g/mol. The molecule has 0 atom stereocenters. The van der Waals surface area contributed by atoms with Crippen LogP contribution in [0.1, 0.15) is 71.3 Å². The predicted molar refractivity (Wildman–Crippen MR) is 96.5 cm³/mol. The Morgan fingerprint density at radius 3 is 2.04 bits per heavy atom. The summed E-state index contributed by atoms with van der Waals surface area (Å²) in [5.74, 6) is -0.120. The largest absolute Gasteiger partial charge is 0.550 e. The van der Waals surface area contributed by atoms with Crippen LogP contribution in [0.2, 0.25) is 0 Å². The van der Waals surface area contributed by atoms with E-state index in [9.17, 15) is 9.90 Å². The summed E-state index contributed by atoms with van der Waals surface area (Å²) in [5, 5.41) is 10.7. The highest BCUT2D eigenvalue weighted by atomic mass is 16.7. The van der Waals surface area contributed by atoms with Gasteiger partial charge in [0.25, 0.3) is 0 Å². The number of carboxylic acids is 1. The van der Waals surface area contributed by atoms with Crippen LogP contribution in [0.25, 0.3) is 0 Å². The van der Waals surface area contributed by atoms with Crippen molar-refractivity contribution < 1.29 is 19.2 Å². The Kier molecular flexibility index (Phi) is 5.00. The van der Waals surface area contributed by atoms with E-state index in [0.717, 1.165) is 31.1 Å². The average Bonchev–Trinajstić information content (AvgIpc) is 2.76. The molecular formula is C20H28BO4-. The van der Waals surface area contributed by atoms with Gasteiger partial charge < -0.3 is 19.2 Å². The third kappa shape index (κ3) is 3.93. The van der Waals surface area contributed by atoms with Crippen LogP contribution < -0.4 is 10.6 Å². The second kappa shape index (κ2) is 6.77. The summed E-state index contributed by atoms with van der Waals surface area (Å²) in [7, 11) is -0.321. The van der Waals surface area contributed by atoms with Crippen LogP contribution in [0.15, 0.2) is 24.3 Å². The summed E-state index contributed by atoms with van der Waals surface area (Å²) in [6.45, 7) is 8.25. The molecule has 1 saturated carbocycles. The zero-order chi connectivity index (χ0) is 18.2. The summed E-state index contributed by atoms with van der Waals surface area (Å²) in [6.07, 6.45) is 4.24. The average molecular weight is 343 g/mol. The fraction of sp³-hybridized carbons (Fsp3) is 0.650. The highest BCUT2D eigenvalue weighted by Crippen LogP contribution is 2.38. The van der Waals surface area contributed by atoms with Gasteiger partial charge in [0.05, 0.1) is 11.2 Å². The maximum atomic E-state index is 10.7. The number of hydrogen-bond acceptors (Lipinski definition) is 4. The third-order valence-corrected chi connectivity index (χ3v) is 6.24. The molecule has 0 N–H and O–H groups in total. The van der Waals surface area contributed by atoms with Crippen LogP contribution in [0, 0.1) is 5.92 Å². The van der Waals surface area contributed by atoms with Crippen molar-refractivity contribution in [3.8, 4) is 0 Å². The first-order valence-corrected chi connectivity index (χ1v) is 9.33. The van der Waals surface area contributed by atoms with E-state index in [1.54, 1.807) is 0 Å². The summed E-state index contributed by atoms with van der Waals surface area (Å²) in [5.41, 5.74) is 1.72. The Morgan fingerprint density at radius 2 is 1.56 bits per heavy atom. The maximum Gasteiger partial charge on any atom is 0.494 e. The number of aliphatic carboxylic acids is 1. The van der Waals surface area contributed by atoms with E-state index in [4.69, 9.17) is 9.31 Å². The minimum absolute atomic E-state index is 0.202. The van der Waals surface area contributed by atoms with Crippen molar-refractivity contribution in [1.29, 1.82) is 0 Å². The molecule has 0 aromatic heterocycles. The first-order valence-electron chi connectivity index (χ1n) is 9.33. The molecule has 2 fully saturated rings. The molecule has 0 amide bonds. The van der Waals surface area contributed by atoms with Crippen LogP contribution in [0.3, 0.4) is 0 Å². The third-order valence-electron chi connectivity index (χ3n) is 6.24. The molecule has 2 aliphatic rings. The first-order chi connectivity index (χ1) is 11.7. The molecule has 5 heteroatoms. The van der Waals surface area contributed by atoms with Gasteiger partial charge in [0.2, 0.25) is 0 Å². The van der Waals surface area contributed by atoms with Gasteiger partial charge in [0.15, 0.2) is 0 Å². The molecule has 1 heterocycles. The van der Waals surface area contributed by atoms with Gasteiger partial charge in [-0.25, -0.2) is 0 Å². The Morgan fingerprint density at radius 1 is 1.04 bits per heavy atom. The van der Waals surface area contributed by atoms with E-state index in [1.165, 1.54) is 5.56 Å². The topological polar surface area (TPSA) is 58.6 Å². The Bertz CT molecular complexity index is 599. The van der Waals surface area contributed by atoms with E-state index in [2.05, 4.69) is 52.0 Å². The second-order valence-electron chi connectivity index (χ2n) is 8.55. The molecule has 1 aliphatic heterocycles. The van der Waals surface area contributed by atoms with Crippen molar-refractivity contribution in [2.75, 3.05) is 0 Å². The van der Waals surface area contributed by atoms with Crippen molar-refractivity contribution in [3.63, 3.8) is 0 Å². The molecule has 0 radical (unpaired) electrons. The molecule has 0 unspecified atom stereocenters. The van der Waals surface area contributed by atoms with Crippen LogP contribution in [-0.2, 0) is 14.1 Å². The van der Waals surface area contributed by atoms with Crippen LogP contribution in [-0.4, -0.2) is 24.3 Å². The fourth-order valence-electron chi connectivity index (χ4n) is 3.84. The molecule has 1 aromatic rings. The van der Waals surface area contributed by atoms with Gasteiger partial charge in [0, 0.05) is 5.97 Å². The number of hydrogen-bond donors (Lipinski definition) is 0. The Hall–Kier alpha value is -1.33. The summed E-state index contributed by atoms with van der Waals surface area (Å²) in [6, 6.07) is 8.55. The first kappa shape index (κ1) is 18.5. The van der Waals surface area contributed by atoms with Crippen LogP contribution in [0.5, 0.6) is 0 Å². The molecule has 3 rings (SSSR count). The SMILES string of the molecule is CC1(C)OB(c2ccc(C3CCC(CC(=O)[O-])CC3)cc2)OC1(C)C. The smallest absolute Gasteiger partial charge is 0.494 e. The van der Waals surface area contributed by atoms with Gasteiger partial charge in [-0.2, -0.15) is 0 Å². The van der Waals surface area contributed by atoms with Crippen molar-refractivity contribution in [2.24, 2.45) is 5.92 Å².